The van der Waals surface area contributed by atoms with Crippen molar-refractivity contribution in [2.24, 2.45) is 5.92 Å². The third-order valence-corrected chi connectivity index (χ3v) is 8.03. The Balaban J connectivity index is 1.28. The zero-order valence-corrected chi connectivity index (χ0v) is 20.6. The van der Waals surface area contributed by atoms with E-state index in [0.29, 0.717) is 17.7 Å². The van der Waals surface area contributed by atoms with Gasteiger partial charge in [0.2, 0.25) is 5.91 Å². The normalized spacial score (nSPS) is 18.2. The molecule has 1 amide bonds. The molecule has 0 bridgehead atoms. The van der Waals surface area contributed by atoms with Gasteiger partial charge in [-0.05, 0) is 79.9 Å². The largest absolute Gasteiger partial charge is 0.354 e. The number of carbonyl (C=O) groups is 1. The minimum absolute atomic E-state index is 0.214. The fraction of sp³-hybridized carbons (Fsp3) is 0.464. The van der Waals surface area contributed by atoms with Gasteiger partial charge in [-0.25, -0.2) is 4.98 Å². The molecule has 0 saturated carbocycles. The van der Waals surface area contributed by atoms with Crippen LogP contribution in [0.15, 0.2) is 36.7 Å². The van der Waals surface area contributed by atoms with Crippen molar-refractivity contribution in [3.05, 3.63) is 47.8 Å². The molecule has 2 aliphatic heterocycles. The topological polar surface area (TPSA) is 89.7 Å². The summed E-state index contributed by atoms with van der Waals surface area (Å²) in [4.78, 5) is 23.2. The molecule has 7 nitrogen and oxygen atoms in total. The third-order valence-electron chi connectivity index (χ3n) is 8.03. The van der Waals surface area contributed by atoms with E-state index in [-0.39, 0.29) is 5.92 Å². The van der Waals surface area contributed by atoms with E-state index in [1.165, 1.54) is 22.0 Å². The number of nitrogens with one attached hydrogen (secondary N) is 3. The molecule has 35 heavy (non-hydrogen) atoms. The van der Waals surface area contributed by atoms with E-state index < -0.39 is 0 Å². The van der Waals surface area contributed by atoms with E-state index in [2.05, 4.69) is 68.5 Å². The highest BCUT2D eigenvalue weighted by Crippen LogP contribution is 2.40. The number of pyridine rings is 1. The lowest BCUT2D eigenvalue weighted by molar-refractivity contribution is -0.137. The number of H-pyrrole nitrogens is 2. The summed E-state index contributed by atoms with van der Waals surface area (Å²) in [6, 6.07) is 8.99. The van der Waals surface area contributed by atoms with Crippen molar-refractivity contribution >= 4 is 27.8 Å². The second-order valence-corrected chi connectivity index (χ2v) is 10.5. The Kier molecular flexibility index (Phi) is 5.80. The highest BCUT2D eigenvalue weighted by atomic mass is 16.2. The maximum atomic E-state index is 13.0. The molecule has 7 heteroatoms. The van der Waals surface area contributed by atoms with Crippen LogP contribution in [0.25, 0.3) is 33.2 Å². The Hall–Kier alpha value is -3.19. The number of benzene rings is 1. The number of nitrogens with zero attached hydrogens (tertiary/aromatic N) is 3. The average Bonchev–Trinajstić information content (AvgIpc) is 3.53. The van der Waals surface area contributed by atoms with E-state index in [1.54, 1.807) is 0 Å². The Labute approximate surface area is 205 Å². The van der Waals surface area contributed by atoms with Crippen LogP contribution < -0.4 is 5.32 Å². The molecule has 182 valence electrons. The molecule has 0 spiro atoms. The van der Waals surface area contributed by atoms with Crippen LogP contribution in [0.1, 0.15) is 62.5 Å². The van der Waals surface area contributed by atoms with Gasteiger partial charge < -0.3 is 15.2 Å². The van der Waals surface area contributed by atoms with Crippen LogP contribution in [-0.2, 0) is 4.79 Å². The number of carbonyl (C=O) groups excluding carboxylic acids is 1. The molecule has 0 radical (unpaired) electrons. The van der Waals surface area contributed by atoms with E-state index in [4.69, 9.17) is 0 Å². The van der Waals surface area contributed by atoms with Gasteiger partial charge in [0.25, 0.3) is 0 Å². The second kappa shape index (κ2) is 9.11. The molecule has 4 aromatic rings. The van der Waals surface area contributed by atoms with Crippen molar-refractivity contribution < 1.29 is 4.79 Å². The average molecular weight is 471 g/mol. The molecule has 0 atom stereocenters. The minimum atomic E-state index is 0.214. The van der Waals surface area contributed by atoms with Crippen LogP contribution in [0.4, 0.5) is 0 Å². The van der Waals surface area contributed by atoms with Crippen LogP contribution in [0.2, 0.25) is 0 Å². The lowest BCUT2D eigenvalue weighted by Gasteiger charge is -2.35. The van der Waals surface area contributed by atoms with E-state index >= 15 is 0 Å². The molecule has 3 N–H and O–H groups in total. The molecule has 2 fully saturated rings. The predicted octanol–water partition coefficient (Wildman–Crippen LogP) is 4.94. The van der Waals surface area contributed by atoms with Crippen LogP contribution in [0.5, 0.6) is 0 Å². The number of piperidine rings is 2. The van der Waals surface area contributed by atoms with Gasteiger partial charge in [-0.15, -0.1) is 0 Å². The van der Waals surface area contributed by atoms with Crippen LogP contribution in [-0.4, -0.2) is 57.2 Å². The number of hydrogen-bond acceptors (Lipinski definition) is 4. The number of aromatic amines is 2. The third kappa shape index (κ3) is 4.01. The van der Waals surface area contributed by atoms with Crippen molar-refractivity contribution in [1.29, 1.82) is 0 Å². The van der Waals surface area contributed by atoms with Crippen LogP contribution >= 0.6 is 0 Å². The first-order valence-corrected chi connectivity index (χ1v) is 13.0. The van der Waals surface area contributed by atoms with Gasteiger partial charge in [0, 0.05) is 47.1 Å². The lowest BCUT2D eigenvalue weighted by atomic mass is 9.86. The van der Waals surface area contributed by atoms with Crippen molar-refractivity contribution in [1.82, 2.24) is 30.4 Å². The quantitative estimate of drug-likeness (QED) is 0.394. The molecule has 6 rings (SSSR count). The molecule has 0 unspecified atom stereocenters. The van der Waals surface area contributed by atoms with Gasteiger partial charge >= 0.3 is 0 Å². The van der Waals surface area contributed by atoms with Crippen molar-refractivity contribution in [2.45, 2.75) is 51.4 Å². The zero-order valence-electron chi connectivity index (χ0n) is 20.6. The summed E-state index contributed by atoms with van der Waals surface area (Å²) in [6.07, 6.45) is 7.73. The highest BCUT2D eigenvalue weighted by molar-refractivity contribution is 5.98. The maximum absolute atomic E-state index is 13.0. The molecular weight excluding hydrogens is 436 g/mol. The van der Waals surface area contributed by atoms with Crippen molar-refractivity contribution in [3.8, 4) is 11.3 Å². The molecule has 0 aliphatic carbocycles. The summed E-state index contributed by atoms with van der Waals surface area (Å²) in [6.45, 7) is 8.20. The van der Waals surface area contributed by atoms with Crippen LogP contribution in [0, 0.1) is 5.92 Å². The van der Waals surface area contributed by atoms with Gasteiger partial charge in [0.05, 0.1) is 11.9 Å². The Morgan fingerprint density at radius 2 is 1.86 bits per heavy atom. The SMILES string of the molecule is CC(C)c1c(-c2ccnc3[nH]ncc23)[nH]c2ccc(C3CCN(C(=O)C4CCNCC4)CC3)cc12. The molecule has 5 heterocycles. The van der Waals surface area contributed by atoms with Gasteiger partial charge in [-0.3, -0.25) is 9.89 Å². The molecule has 2 aliphatic rings. The van der Waals surface area contributed by atoms with Crippen molar-refractivity contribution in [3.63, 3.8) is 0 Å². The van der Waals surface area contributed by atoms with E-state index in [0.717, 1.165) is 74.2 Å². The Morgan fingerprint density at radius 1 is 1.06 bits per heavy atom. The first-order valence-electron chi connectivity index (χ1n) is 13.0. The Morgan fingerprint density at radius 3 is 2.63 bits per heavy atom. The monoisotopic (exact) mass is 470 g/mol. The number of likely N-dealkylation sites (tertiary alicyclic amines) is 1. The van der Waals surface area contributed by atoms with Gasteiger partial charge in [0.15, 0.2) is 5.65 Å². The maximum Gasteiger partial charge on any atom is 0.225 e. The van der Waals surface area contributed by atoms with Gasteiger partial charge in [0.1, 0.15) is 0 Å². The Bertz CT molecular complexity index is 1350. The molecular formula is C28H34N6O. The summed E-state index contributed by atoms with van der Waals surface area (Å²) in [5.74, 6) is 1.46. The standard InChI is InChI=1S/C28H34N6O/c1-17(2)25-22-15-20(18-8-13-34(14-9-18)28(35)19-5-10-29-11-6-19)3-4-24(22)32-26(25)21-7-12-30-27-23(21)16-31-33-27/h3-4,7,12,15-19,29,32H,5-6,8-11,13-14H2,1-2H3,(H,30,31,33). The van der Waals surface area contributed by atoms with Gasteiger partial charge in [-0.1, -0.05) is 19.9 Å². The number of rotatable bonds is 4. The fourth-order valence-electron chi connectivity index (χ4n) is 6.13. The summed E-state index contributed by atoms with van der Waals surface area (Å²) in [5, 5.41) is 12.9. The number of hydrogen-bond donors (Lipinski definition) is 3. The summed E-state index contributed by atoms with van der Waals surface area (Å²) < 4.78 is 0. The first-order chi connectivity index (χ1) is 17.1. The number of amides is 1. The van der Waals surface area contributed by atoms with E-state index in [1.807, 2.05) is 12.4 Å². The second-order valence-electron chi connectivity index (χ2n) is 10.5. The van der Waals surface area contributed by atoms with Gasteiger partial charge in [-0.2, -0.15) is 5.10 Å². The summed E-state index contributed by atoms with van der Waals surface area (Å²) >= 11 is 0. The molecule has 2 saturated heterocycles. The van der Waals surface area contributed by atoms with Crippen molar-refractivity contribution in [2.75, 3.05) is 26.2 Å². The highest BCUT2D eigenvalue weighted by Gasteiger charge is 2.30. The predicted molar refractivity (Wildman–Crippen MR) is 139 cm³/mol. The molecule has 1 aromatic carbocycles. The first kappa shape index (κ1) is 22.3. The number of aromatic nitrogens is 4. The summed E-state index contributed by atoms with van der Waals surface area (Å²) in [7, 11) is 0. The minimum Gasteiger partial charge on any atom is -0.354 e. The fourth-order valence-corrected chi connectivity index (χ4v) is 6.13. The number of fused-ring (bicyclic) bond motifs is 2. The zero-order chi connectivity index (χ0) is 23.9. The summed E-state index contributed by atoms with van der Waals surface area (Å²) in [5.41, 5.74) is 7.00. The van der Waals surface area contributed by atoms with Crippen LogP contribution in [0.3, 0.4) is 0 Å². The lowest BCUT2D eigenvalue weighted by Crippen LogP contribution is -2.44. The molecule has 3 aromatic heterocycles. The van der Waals surface area contributed by atoms with E-state index in [9.17, 15) is 4.79 Å². The smallest absolute Gasteiger partial charge is 0.225 e.